The largest absolute Gasteiger partial charge is 0.313 e. The van der Waals surface area contributed by atoms with Gasteiger partial charge in [0.15, 0.2) is 0 Å². The number of benzene rings is 6. The fourth-order valence-corrected chi connectivity index (χ4v) is 9.87. The van der Waals surface area contributed by atoms with Crippen LogP contribution in [0.3, 0.4) is 0 Å². The maximum absolute atomic E-state index is 9.65. The molecule has 2 unspecified atom stereocenters. The van der Waals surface area contributed by atoms with Crippen LogP contribution in [0.15, 0.2) is 192 Å². The van der Waals surface area contributed by atoms with Crippen LogP contribution >= 0.6 is 0 Å². The Morgan fingerprint density at radius 1 is 0.767 bits per heavy atom. The molecule has 1 N–H and O–H groups in total. The highest BCUT2D eigenvalue weighted by atomic mass is 15.0. The van der Waals surface area contributed by atoms with Gasteiger partial charge in [0.25, 0.3) is 0 Å². The topological polar surface area (TPSA) is 64.9 Å². The molecule has 3 aliphatic rings. The minimum Gasteiger partial charge on any atom is -0.313 e. The summed E-state index contributed by atoms with van der Waals surface area (Å²) in [7, 11) is 0. The molecule has 0 radical (unpaired) electrons. The highest BCUT2D eigenvalue weighted by Gasteiger charge is 2.48. The Hall–Kier alpha value is -7.35. The Morgan fingerprint density at radius 3 is 2.20 bits per heavy atom. The van der Waals surface area contributed by atoms with Crippen molar-refractivity contribution < 1.29 is 0 Å². The van der Waals surface area contributed by atoms with Crippen LogP contribution in [0.25, 0.3) is 39.5 Å². The first-order valence-corrected chi connectivity index (χ1v) is 20.9. The van der Waals surface area contributed by atoms with Gasteiger partial charge in [0, 0.05) is 45.2 Å². The van der Waals surface area contributed by atoms with Gasteiger partial charge in [0.2, 0.25) is 0 Å². The molecule has 7 aromatic rings. The lowest BCUT2D eigenvalue weighted by atomic mass is 9.67. The Kier molecular flexibility index (Phi) is 9.31. The molecular weight excluding hydrogens is 729 g/mol. The van der Waals surface area contributed by atoms with Crippen molar-refractivity contribution in [3.63, 3.8) is 0 Å². The number of fused-ring (bicyclic) bond motifs is 7. The Balaban J connectivity index is 1.18. The number of aliphatic imine (C=N–C) groups is 1. The van der Waals surface area contributed by atoms with E-state index in [9.17, 15) is 5.26 Å². The van der Waals surface area contributed by atoms with Gasteiger partial charge >= 0.3 is 0 Å². The summed E-state index contributed by atoms with van der Waals surface area (Å²) < 4.78 is 2.55. The zero-order valence-corrected chi connectivity index (χ0v) is 33.8. The number of allylic oxidation sites excluding steroid dienone is 6. The molecule has 0 saturated heterocycles. The van der Waals surface area contributed by atoms with Crippen molar-refractivity contribution in [2.45, 2.75) is 32.1 Å². The van der Waals surface area contributed by atoms with Gasteiger partial charge in [-0.15, -0.1) is 0 Å². The Bertz CT molecular complexity index is 2980. The number of aromatic nitrogens is 1. The summed E-state index contributed by atoms with van der Waals surface area (Å²) in [6, 6.07) is 56.8. The Labute approximate surface area is 352 Å². The van der Waals surface area contributed by atoms with Crippen molar-refractivity contribution in [2.24, 2.45) is 16.8 Å². The van der Waals surface area contributed by atoms with Crippen molar-refractivity contribution in [3.8, 4) is 22.9 Å². The van der Waals surface area contributed by atoms with Crippen LogP contribution in [0, 0.1) is 28.6 Å². The average molecular weight is 773 g/mol. The molecule has 0 aliphatic heterocycles. The summed E-state index contributed by atoms with van der Waals surface area (Å²) in [6.07, 6.45) is 13.9. The molecule has 0 fully saturated rings. The van der Waals surface area contributed by atoms with E-state index < -0.39 is 5.41 Å². The maximum atomic E-state index is 9.65. The molecule has 288 valence electrons. The first-order chi connectivity index (χ1) is 29.4. The standard InChI is InChI=1S/C56H44N4/c1-37-25-26-47-49-28-27-48-46-23-12-13-24-50(46)56(43-18-8-4-9-19-43,44-20-10-5-11-21-44)54(48)55(49)60(53(47)31-37)45-22-14-15-39(33-45)36-59-52(41-16-6-3-7-17-41)34-51(58)42-30-38(2)29-40(32-42)35-57/h3-29,32-34,36-38,58H,30-31H2,1-2H3/b52-34-,58-51?,59-36?. The van der Waals surface area contributed by atoms with E-state index in [0.29, 0.717) is 29.3 Å². The maximum Gasteiger partial charge on any atom is 0.0988 e. The lowest BCUT2D eigenvalue weighted by Gasteiger charge is -2.34. The van der Waals surface area contributed by atoms with Crippen molar-refractivity contribution >= 4 is 34.6 Å². The predicted octanol–water partition coefficient (Wildman–Crippen LogP) is 13.1. The number of rotatable bonds is 8. The number of nitrogens with zero attached hydrogens (tertiary/aromatic N) is 3. The number of hydrogen-bond acceptors (Lipinski definition) is 3. The summed E-state index contributed by atoms with van der Waals surface area (Å²) in [5.41, 5.74) is 16.4. The van der Waals surface area contributed by atoms with Crippen LogP contribution in [0.2, 0.25) is 0 Å². The van der Waals surface area contributed by atoms with Crippen molar-refractivity contribution in [2.75, 3.05) is 0 Å². The van der Waals surface area contributed by atoms with Gasteiger partial charge in [0.1, 0.15) is 0 Å². The number of nitrogens with one attached hydrogen (secondary N) is 1. The zero-order chi connectivity index (χ0) is 40.8. The highest BCUT2D eigenvalue weighted by molar-refractivity contribution is 6.11. The second-order valence-corrected chi connectivity index (χ2v) is 16.4. The lowest BCUT2D eigenvalue weighted by molar-refractivity contribution is 0.689. The van der Waals surface area contributed by atoms with Crippen LogP contribution in [-0.4, -0.2) is 16.5 Å². The molecule has 60 heavy (non-hydrogen) atoms. The molecule has 3 aliphatic carbocycles. The van der Waals surface area contributed by atoms with Gasteiger partial charge in [-0.25, -0.2) is 0 Å². The van der Waals surface area contributed by atoms with Crippen LogP contribution in [-0.2, 0) is 11.8 Å². The van der Waals surface area contributed by atoms with Gasteiger partial charge in [-0.1, -0.05) is 172 Å². The van der Waals surface area contributed by atoms with Crippen molar-refractivity contribution in [1.82, 2.24) is 4.57 Å². The number of nitriles is 1. The van der Waals surface area contributed by atoms with E-state index in [1.807, 2.05) is 54.8 Å². The van der Waals surface area contributed by atoms with Gasteiger partial charge in [-0.2, -0.15) is 5.26 Å². The predicted molar refractivity (Wildman–Crippen MR) is 248 cm³/mol. The third-order valence-corrected chi connectivity index (χ3v) is 12.4. The van der Waals surface area contributed by atoms with Crippen LogP contribution in [0.1, 0.15) is 64.9 Å². The Morgan fingerprint density at radius 2 is 1.47 bits per heavy atom. The molecular formula is C56H44N4. The molecule has 6 aromatic carbocycles. The molecule has 0 amide bonds. The second kappa shape index (κ2) is 15.1. The second-order valence-electron chi connectivity index (χ2n) is 16.4. The first-order valence-electron chi connectivity index (χ1n) is 20.9. The van der Waals surface area contributed by atoms with Gasteiger partial charge in [0.05, 0.1) is 28.4 Å². The molecule has 0 saturated carbocycles. The van der Waals surface area contributed by atoms with E-state index in [4.69, 9.17) is 10.4 Å². The van der Waals surface area contributed by atoms with Gasteiger partial charge in [-0.3, -0.25) is 4.99 Å². The van der Waals surface area contributed by atoms with Crippen LogP contribution < -0.4 is 0 Å². The normalized spacial score (nSPS) is 17.7. The van der Waals surface area contributed by atoms with E-state index >= 15 is 0 Å². The molecule has 1 heterocycles. The minimum absolute atomic E-state index is 0.190. The molecule has 1 aromatic heterocycles. The third kappa shape index (κ3) is 6.14. The zero-order valence-electron chi connectivity index (χ0n) is 33.8. The van der Waals surface area contributed by atoms with Crippen molar-refractivity contribution in [1.29, 1.82) is 10.7 Å². The summed E-state index contributed by atoms with van der Waals surface area (Å²) in [4.78, 5) is 5.10. The molecule has 2 atom stereocenters. The van der Waals surface area contributed by atoms with Crippen LogP contribution in [0.4, 0.5) is 0 Å². The van der Waals surface area contributed by atoms with Crippen LogP contribution in [0.5, 0.6) is 0 Å². The van der Waals surface area contributed by atoms with Gasteiger partial charge in [-0.05, 0) is 87.9 Å². The SMILES string of the molecule is CC1C=C(C#N)C=C(C(=N)/C=C(\N=Cc2cccc(-n3c4c(c5ccc6c(c53)C(c3ccccc3)(c3ccccc3)c3ccccc3-6)C=CC(C)C4)c2)c2ccccc2)C1. The van der Waals surface area contributed by atoms with E-state index in [1.165, 1.54) is 55.5 Å². The molecule has 4 nitrogen and oxygen atoms in total. The summed E-state index contributed by atoms with van der Waals surface area (Å²) in [5.74, 6) is 0.578. The molecule has 0 spiro atoms. The third-order valence-electron chi connectivity index (χ3n) is 12.4. The molecule has 4 heteroatoms. The highest BCUT2D eigenvalue weighted by Crippen LogP contribution is 2.59. The molecule has 10 rings (SSSR count). The van der Waals surface area contributed by atoms with Crippen molar-refractivity contribution in [3.05, 3.63) is 232 Å². The lowest BCUT2D eigenvalue weighted by Crippen LogP contribution is -2.29. The summed E-state index contributed by atoms with van der Waals surface area (Å²) in [6.45, 7) is 4.39. The van der Waals surface area contributed by atoms with Gasteiger partial charge < -0.3 is 9.98 Å². The summed E-state index contributed by atoms with van der Waals surface area (Å²) in [5, 5.41) is 20.0. The first kappa shape index (κ1) is 37.0. The minimum atomic E-state index is -0.559. The quantitative estimate of drug-likeness (QED) is 0.154. The molecule has 0 bridgehead atoms. The van der Waals surface area contributed by atoms with E-state index in [2.05, 4.69) is 158 Å². The van der Waals surface area contributed by atoms with E-state index in [0.717, 1.165) is 28.8 Å². The summed E-state index contributed by atoms with van der Waals surface area (Å²) >= 11 is 0. The van der Waals surface area contributed by atoms with E-state index in [1.54, 1.807) is 0 Å². The fourth-order valence-electron chi connectivity index (χ4n) is 9.87. The fraction of sp³-hybridized carbons (Fsp3) is 0.125. The van der Waals surface area contributed by atoms with E-state index in [-0.39, 0.29) is 5.92 Å². The number of hydrogen-bond donors (Lipinski definition) is 1. The smallest absolute Gasteiger partial charge is 0.0988 e. The average Bonchev–Trinajstić information content (AvgIpc) is 3.79. The monoisotopic (exact) mass is 772 g/mol.